The van der Waals surface area contributed by atoms with Gasteiger partial charge in [0.1, 0.15) is 13.2 Å². The Kier molecular flexibility index (Phi) is 4.14. The highest BCUT2D eigenvalue weighted by Crippen LogP contribution is 2.21. The van der Waals surface area contributed by atoms with Crippen molar-refractivity contribution in [3.8, 4) is 5.75 Å². The van der Waals surface area contributed by atoms with E-state index in [9.17, 15) is 13.2 Å². The predicted octanol–water partition coefficient (Wildman–Crippen LogP) is 3.79. The van der Waals surface area contributed by atoms with Gasteiger partial charge in [0.05, 0.1) is 12.4 Å². The maximum absolute atomic E-state index is 12.1. The highest BCUT2D eigenvalue weighted by molar-refractivity contribution is 9.10. The van der Waals surface area contributed by atoms with E-state index in [0.717, 1.165) is 14.7 Å². The quantitative estimate of drug-likeness (QED) is 0.850. The van der Waals surface area contributed by atoms with Crippen LogP contribution in [0.2, 0.25) is 0 Å². The molecule has 2 aromatic rings. The largest absolute Gasteiger partial charge is 0.486 e. The summed E-state index contributed by atoms with van der Waals surface area (Å²) in [6.45, 7) is -0.857. The lowest BCUT2D eigenvalue weighted by Crippen LogP contribution is -2.17. The van der Waals surface area contributed by atoms with Crippen LogP contribution in [-0.4, -0.2) is 16.0 Å². The number of hydrogen-bond acceptors (Lipinski definition) is 2. The van der Waals surface area contributed by atoms with Crippen LogP contribution in [0.4, 0.5) is 13.2 Å². The molecule has 0 aliphatic heterocycles. The smallest absolute Gasteiger partial charge is 0.408 e. The minimum absolute atomic E-state index is 0.263. The molecule has 0 atom stereocenters. The summed E-state index contributed by atoms with van der Waals surface area (Å²) in [6, 6.07) is 7.46. The monoisotopic (exact) mass is 334 g/mol. The molecular weight excluding hydrogens is 325 g/mol. The van der Waals surface area contributed by atoms with Gasteiger partial charge in [0.2, 0.25) is 0 Å². The van der Waals surface area contributed by atoms with E-state index in [1.807, 2.05) is 24.3 Å². The molecule has 0 spiro atoms. The lowest BCUT2D eigenvalue weighted by molar-refractivity contribution is -0.142. The number of aromatic nitrogens is 2. The van der Waals surface area contributed by atoms with Gasteiger partial charge >= 0.3 is 6.18 Å². The summed E-state index contributed by atoms with van der Waals surface area (Å²) in [6.07, 6.45) is -1.79. The SMILES string of the molecule is FC(F)(F)Cn1cc(OCc2ccccc2Br)cn1. The second-order valence-electron chi connectivity index (χ2n) is 3.87. The van der Waals surface area contributed by atoms with E-state index in [2.05, 4.69) is 21.0 Å². The normalized spacial score (nSPS) is 11.6. The van der Waals surface area contributed by atoms with E-state index in [-0.39, 0.29) is 6.61 Å². The standard InChI is InChI=1S/C12H10BrF3N2O/c13-11-4-2-1-3-9(11)7-19-10-5-17-18(6-10)8-12(14,15)16/h1-6H,7-8H2. The number of rotatable bonds is 4. The van der Waals surface area contributed by atoms with Crippen LogP contribution >= 0.6 is 15.9 Å². The first kappa shape index (κ1) is 13.9. The number of alkyl halides is 3. The van der Waals surface area contributed by atoms with Crippen LogP contribution in [0.25, 0.3) is 0 Å². The summed E-state index contributed by atoms with van der Waals surface area (Å²) in [5, 5.41) is 3.60. The zero-order valence-electron chi connectivity index (χ0n) is 9.69. The van der Waals surface area contributed by atoms with Crippen molar-refractivity contribution < 1.29 is 17.9 Å². The highest BCUT2D eigenvalue weighted by Gasteiger charge is 2.28. The average Bonchev–Trinajstić information content (AvgIpc) is 2.73. The molecule has 0 unspecified atom stereocenters. The van der Waals surface area contributed by atoms with E-state index in [4.69, 9.17) is 4.74 Å². The Morgan fingerprint density at radius 2 is 2.00 bits per heavy atom. The van der Waals surface area contributed by atoms with Crippen molar-refractivity contribution in [2.24, 2.45) is 0 Å². The van der Waals surface area contributed by atoms with Crippen molar-refractivity contribution in [2.45, 2.75) is 19.3 Å². The molecule has 1 aromatic heterocycles. The number of halogens is 4. The average molecular weight is 335 g/mol. The third-order valence-electron chi connectivity index (χ3n) is 2.30. The van der Waals surface area contributed by atoms with Crippen LogP contribution in [0, 0.1) is 0 Å². The Morgan fingerprint density at radius 3 is 2.68 bits per heavy atom. The molecule has 0 N–H and O–H groups in total. The van der Waals surface area contributed by atoms with Gasteiger partial charge < -0.3 is 4.74 Å². The molecule has 7 heteroatoms. The lowest BCUT2D eigenvalue weighted by Gasteiger charge is -2.06. The molecule has 2 rings (SSSR count). The van der Waals surface area contributed by atoms with Crippen LogP contribution in [0.15, 0.2) is 41.1 Å². The fraction of sp³-hybridized carbons (Fsp3) is 0.250. The first-order valence-corrected chi connectivity index (χ1v) is 6.19. The second kappa shape index (κ2) is 5.64. The first-order valence-electron chi connectivity index (χ1n) is 5.39. The Hall–Kier alpha value is -1.50. The maximum Gasteiger partial charge on any atom is 0.408 e. The van der Waals surface area contributed by atoms with Crippen LogP contribution in [0.3, 0.4) is 0 Å². The molecular formula is C12H10BrF3N2O. The number of hydrogen-bond donors (Lipinski definition) is 0. The second-order valence-corrected chi connectivity index (χ2v) is 4.72. The van der Waals surface area contributed by atoms with E-state index in [1.165, 1.54) is 12.4 Å². The van der Waals surface area contributed by atoms with Gasteiger partial charge in [-0.2, -0.15) is 18.3 Å². The van der Waals surface area contributed by atoms with Crippen molar-refractivity contribution >= 4 is 15.9 Å². The van der Waals surface area contributed by atoms with Crippen molar-refractivity contribution in [3.63, 3.8) is 0 Å². The molecule has 0 aliphatic carbocycles. The predicted molar refractivity (Wildman–Crippen MR) is 66.8 cm³/mol. The van der Waals surface area contributed by atoms with E-state index in [1.54, 1.807) is 0 Å². The fourth-order valence-electron chi connectivity index (χ4n) is 1.47. The van der Waals surface area contributed by atoms with Crippen molar-refractivity contribution in [1.29, 1.82) is 0 Å². The zero-order valence-corrected chi connectivity index (χ0v) is 11.3. The van der Waals surface area contributed by atoms with E-state index >= 15 is 0 Å². The minimum Gasteiger partial charge on any atom is -0.486 e. The molecule has 3 nitrogen and oxygen atoms in total. The van der Waals surface area contributed by atoms with Crippen molar-refractivity contribution in [3.05, 3.63) is 46.7 Å². The summed E-state index contributed by atoms with van der Waals surface area (Å²) in [5.74, 6) is 0.306. The molecule has 1 aromatic carbocycles. The van der Waals surface area contributed by atoms with Crippen LogP contribution in [0.1, 0.15) is 5.56 Å². The van der Waals surface area contributed by atoms with Gasteiger partial charge in [0, 0.05) is 10.0 Å². The summed E-state index contributed by atoms with van der Waals surface area (Å²) in [4.78, 5) is 0. The van der Waals surface area contributed by atoms with Crippen molar-refractivity contribution in [1.82, 2.24) is 9.78 Å². The fourth-order valence-corrected chi connectivity index (χ4v) is 1.87. The molecule has 0 saturated heterocycles. The summed E-state index contributed by atoms with van der Waals surface area (Å²) >= 11 is 3.37. The van der Waals surface area contributed by atoms with E-state index < -0.39 is 12.7 Å². The molecule has 0 fully saturated rings. The number of ether oxygens (including phenoxy) is 1. The first-order chi connectivity index (χ1) is 8.94. The topological polar surface area (TPSA) is 27.1 Å². The molecule has 0 radical (unpaired) electrons. The molecule has 0 saturated carbocycles. The van der Waals surface area contributed by atoms with Gasteiger partial charge in [-0.25, -0.2) is 0 Å². The molecule has 0 bridgehead atoms. The van der Waals surface area contributed by atoms with Crippen molar-refractivity contribution in [2.75, 3.05) is 0 Å². The zero-order chi connectivity index (χ0) is 13.9. The number of benzene rings is 1. The van der Waals surface area contributed by atoms with Gasteiger partial charge in [-0.05, 0) is 6.07 Å². The van der Waals surface area contributed by atoms with Crippen LogP contribution < -0.4 is 4.74 Å². The Balaban J connectivity index is 1.96. The lowest BCUT2D eigenvalue weighted by atomic mass is 10.2. The third-order valence-corrected chi connectivity index (χ3v) is 3.08. The molecule has 0 amide bonds. The molecule has 1 heterocycles. The van der Waals surface area contributed by atoms with Crippen LogP contribution in [0.5, 0.6) is 5.75 Å². The highest BCUT2D eigenvalue weighted by atomic mass is 79.9. The van der Waals surface area contributed by atoms with Crippen LogP contribution in [-0.2, 0) is 13.2 Å². The third kappa shape index (κ3) is 4.27. The molecule has 19 heavy (non-hydrogen) atoms. The molecule has 0 aliphatic rings. The van der Waals surface area contributed by atoms with E-state index in [0.29, 0.717) is 5.75 Å². The van der Waals surface area contributed by atoms with Gasteiger partial charge in [-0.15, -0.1) is 0 Å². The van der Waals surface area contributed by atoms with Gasteiger partial charge in [-0.1, -0.05) is 34.1 Å². The summed E-state index contributed by atoms with van der Waals surface area (Å²) in [5.41, 5.74) is 0.908. The Labute approximate surface area is 116 Å². The Morgan fingerprint density at radius 1 is 1.26 bits per heavy atom. The van der Waals surface area contributed by atoms with Gasteiger partial charge in [0.15, 0.2) is 5.75 Å². The van der Waals surface area contributed by atoms with Gasteiger partial charge in [0.25, 0.3) is 0 Å². The number of nitrogens with zero attached hydrogens (tertiary/aromatic N) is 2. The summed E-state index contributed by atoms with van der Waals surface area (Å²) in [7, 11) is 0. The minimum atomic E-state index is -4.29. The Bertz CT molecular complexity index is 554. The van der Waals surface area contributed by atoms with Gasteiger partial charge in [-0.3, -0.25) is 4.68 Å². The molecule has 102 valence electrons. The summed E-state index contributed by atoms with van der Waals surface area (Å²) < 4.78 is 43.5. The maximum atomic E-state index is 12.1.